The molecule has 2 aliphatic rings. The minimum absolute atomic E-state index is 0.200. The molecule has 0 spiro atoms. The Morgan fingerprint density at radius 3 is 2.18 bits per heavy atom. The molecule has 0 aromatic carbocycles. The van der Waals surface area contributed by atoms with Crippen LogP contribution in [0, 0.1) is 0 Å². The topological polar surface area (TPSA) is 29.5 Å². The first-order chi connectivity index (χ1) is 5.02. The summed E-state index contributed by atoms with van der Waals surface area (Å²) in [5.41, 5.74) is -0.404. The Bertz CT molecular complexity index is 192. The van der Waals surface area contributed by atoms with E-state index in [0.29, 0.717) is 0 Å². The zero-order chi connectivity index (χ0) is 8.11. The third-order valence-electron chi connectivity index (χ3n) is 2.54. The van der Waals surface area contributed by atoms with Gasteiger partial charge in [-0.05, 0) is 13.8 Å². The summed E-state index contributed by atoms with van der Waals surface area (Å²) in [6, 6.07) is 0. The van der Waals surface area contributed by atoms with Crippen molar-refractivity contribution in [1.29, 1.82) is 0 Å². The maximum Gasteiger partial charge on any atom is 0.0871 e. The summed E-state index contributed by atoms with van der Waals surface area (Å²) in [6.07, 6.45) is 5.42. The molecule has 1 saturated heterocycles. The molecule has 0 aromatic rings. The predicted molar refractivity (Wildman–Crippen MR) is 42.3 cm³/mol. The van der Waals surface area contributed by atoms with Gasteiger partial charge in [-0.25, -0.2) is 0 Å². The van der Waals surface area contributed by atoms with Gasteiger partial charge in [0.1, 0.15) is 0 Å². The smallest absolute Gasteiger partial charge is 0.0871 e. The summed E-state index contributed by atoms with van der Waals surface area (Å²) in [7, 11) is 0. The van der Waals surface area contributed by atoms with Gasteiger partial charge >= 0.3 is 0 Å². The van der Waals surface area contributed by atoms with Crippen molar-refractivity contribution in [3.63, 3.8) is 0 Å². The number of hydrogen-bond acceptors (Lipinski definition) is 2. The summed E-state index contributed by atoms with van der Waals surface area (Å²) >= 11 is 0. The van der Waals surface area contributed by atoms with Crippen molar-refractivity contribution < 1.29 is 9.84 Å². The summed E-state index contributed by atoms with van der Waals surface area (Å²) in [5, 5.41) is 9.50. The molecule has 2 bridgehead atoms. The van der Waals surface area contributed by atoms with Crippen molar-refractivity contribution in [2.45, 2.75) is 44.0 Å². The van der Waals surface area contributed by atoms with Crippen molar-refractivity contribution in [2.75, 3.05) is 0 Å². The molecular formula is C9H14O2. The van der Waals surface area contributed by atoms with Gasteiger partial charge < -0.3 is 9.84 Å². The minimum Gasteiger partial charge on any atom is -0.393 e. The highest BCUT2D eigenvalue weighted by molar-refractivity contribution is 5.19. The fourth-order valence-corrected chi connectivity index (χ4v) is 2.18. The fraction of sp³-hybridized carbons (Fsp3) is 0.778. The maximum absolute atomic E-state index is 9.50. The van der Waals surface area contributed by atoms with E-state index >= 15 is 0 Å². The van der Waals surface area contributed by atoms with Gasteiger partial charge in [0.25, 0.3) is 0 Å². The van der Waals surface area contributed by atoms with Crippen LogP contribution < -0.4 is 0 Å². The van der Waals surface area contributed by atoms with E-state index in [1.165, 1.54) is 0 Å². The van der Waals surface area contributed by atoms with E-state index in [-0.39, 0.29) is 17.3 Å². The first kappa shape index (κ1) is 7.32. The lowest BCUT2D eigenvalue weighted by Crippen LogP contribution is -2.43. The molecule has 0 aromatic heterocycles. The lowest BCUT2D eigenvalue weighted by atomic mass is 9.91. The van der Waals surface area contributed by atoms with Crippen LogP contribution in [0.15, 0.2) is 12.2 Å². The van der Waals surface area contributed by atoms with Crippen LogP contribution in [0.25, 0.3) is 0 Å². The summed E-state index contributed by atoms with van der Waals surface area (Å²) in [6.45, 7) is 4.05. The fourth-order valence-electron chi connectivity index (χ4n) is 2.18. The van der Waals surface area contributed by atoms with E-state index in [2.05, 4.69) is 12.2 Å². The average Bonchev–Trinajstić information content (AvgIpc) is 2.01. The van der Waals surface area contributed by atoms with E-state index < -0.39 is 0 Å². The molecule has 1 unspecified atom stereocenters. The molecule has 2 nitrogen and oxygen atoms in total. The van der Waals surface area contributed by atoms with Gasteiger partial charge in [0.2, 0.25) is 0 Å². The first-order valence-corrected chi connectivity index (χ1v) is 4.10. The Labute approximate surface area is 66.9 Å². The monoisotopic (exact) mass is 154 g/mol. The van der Waals surface area contributed by atoms with Gasteiger partial charge in [-0.3, -0.25) is 0 Å². The highest BCUT2D eigenvalue weighted by Crippen LogP contribution is 2.42. The van der Waals surface area contributed by atoms with Crippen LogP contribution in [-0.4, -0.2) is 22.4 Å². The Balaban J connectivity index is 2.28. The molecule has 62 valence electrons. The van der Waals surface area contributed by atoms with E-state index in [0.717, 1.165) is 12.8 Å². The van der Waals surface area contributed by atoms with Crippen LogP contribution in [0.5, 0.6) is 0 Å². The van der Waals surface area contributed by atoms with Gasteiger partial charge in [0.05, 0.1) is 17.3 Å². The second-order valence-electron chi connectivity index (χ2n) is 4.12. The summed E-state index contributed by atoms with van der Waals surface area (Å²) in [4.78, 5) is 0. The summed E-state index contributed by atoms with van der Waals surface area (Å²) in [5.74, 6) is 0. The van der Waals surface area contributed by atoms with Gasteiger partial charge in [-0.15, -0.1) is 0 Å². The van der Waals surface area contributed by atoms with Gasteiger partial charge in [-0.1, -0.05) is 12.2 Å². The lowest BCUT2D eigenvalue weighted by Gasteiger charge is -2.38. The van der Waals surface area contributed by atoms with Gasteiger partial charge in [0, 0.05) is 12.8 Å². The van der Waals surface area contributed by atoms with E-state index in [1.54, 1.807) is 0 Å². The Morgan fingerprint density at radius 1 is 1.27 bits per heavy atom. The van der Waals surface area contributed by atoms with Crippen LogP contribution >= 0.6 is 0 Å². The lowest BCUT2D eigenvalue weighted by molar-refractivity contribution is -0.142. The Hall–Kier alpha value is -0.340. The van der Waals surface area contributed by atoms with Gasteiger partial charge in [-0.2, -0.15) is 0 Å². The van der Waals surface area contributed by atoms with E-state index in [1.807, 2.05) is 13.8 Å². The molecule has 2 heterocycles. The molecule has 11 heavy (non-hydrogen) atoms. The van der Waals surface area contributed by atoms with Crippen LogP contribution in [0.2, 0.25) is 0 Å². The highest BCUT2D eigenvalue weighted by atomic mass is 16.5. The van der Waals surface area contributed by atoms with E-state index in [9.17, 15) is 5.11 Å². The van der Waals surface area contributed by atoms with Crippen molar-refractivity contribution in [3.8, 4) is 0 Å². The molecule has 2 heteroatoms. The first-order valence-electron chi connectivity index (χ1n) is 4.10. The zero-order valence-corrected chi connectivity index (χ0v) is 7.00. The van der Waals surface area contributed by atoms with Crippen LogP contribution in [0.3, 0.4) is 0 Å². The number of hydrogen-bond donors (Lipinski definition) is 1. The van der Waals surface area contributed by atoms with Crippen LogP contribution in [0.4, 0.5) is 0 Å². The third kappa shape index (κ3) is 1.10. The van der Waals surface area contributed by atoms with Crippen molar-refractivity contribution >= 4 is 0 Å². The standard InChI is InChI=1S/C9H14O2/c1-8-3-4-9(2,11-8)6-7(10)5-8/h3-4,7,10H,5-6H2,1-2H3/t7?,8-,9+. The van der Waals surface area contributed by atoms with Crippen LogP contribution in [0.1, 0.15) is 26.7 Å². The summed E-state index contributed by atoms with van der Waals surface area (Å²) < 4.78 is 5.77. The number of ether oxygens (including phenoxy) is 1. The number of aliphatic hydroxyl groups excluding tert-OH is 1. The SMILES string of the molecule is C[C@]12C=C[C@](C)(CC(O)C1)O2. The Morgan fingerprint density at radius 2 is 1.73 bits per heavy atom. The normalized spacial score (nSPS) is 55.0. The molecule has 3 atom stereocenters. The highest BCUT2D eigenvalue weighted by Gasteiger charge is 2.45. The van der Waals surface area contributed by atoms with Crippen molar-refractivity contribution in [2.24, 2.45) is 0 Å². The largest absolute Gasteiger partial charge is 0.393 e. The van der Waals surface area contributed by atoms with Crippen molar-refractivity contribution in [1.82, 2.24) is 0 Å². The molecular weight excluding hydrogens is 140 g/mol. The van der Waals surface area contributed by atoms with Crippen LogP contribution in [-0.2, 0) is 4.74 Å². The molecule has 2 rings (SSSR count). The Kier molecular flexibility index (Phi) is 1.25. The third-order valence-corrected chi connectivity index (χ3v) is 2.54. The molecule has 1 N–H and O–H groups in total. The molecule has 0 aliphatic carbocycles. The number of rotatable bonds is 0. The molecule has 0 amide bonds. The van der Waals surface area contributed by atoms with Gasteiger partial charge in [0.15, 0.2) is 0 Å². The molecule has 0 radical (unpaired) electrons. The molecule has 1 fully saturated rings. The minimum atomic E-state index is -0.202. The van der Waals surface area contributed by atoms with Crippen molar-refractivity contribution in [3.05, 3.63) is 12.2 Å². The number of aliphatic hydroxyl groups is 1. The van der Waals surface area contributed by atoms with E-state index in [4.69, 9.17) is 4.74 Å². The zero-order valence-electron chi connectivity index (χ0n) is 7.00. The second-order valence-corrected chi connectivity index (χ2v) is 4.12. The number of fused-ring (bicyclic) bond motifs is 2. The average molecular weight is 154 g/mol. The quantitative estimate of drug-likeness (QED) is 0.532. The predicted octanol–water partition coefficient (Wildman–Crippen LogP) is 1.24. The molecule has 2 aliphatic heterocycles. The maximum atomic E-state index is 9.50. The second kappa shape index (κ2) is 1.87. The molecule has 0 saturated carbocycles.